The van der Waals surface area contributed by atoms with Gasteiger partial charge in [-0.15, -0.1) is 0 Å². The van der Waals surface area contributed by atoms with Crippen molar-refractivity contribution in [1.29, 1.82) is 0 Å². The van der Waals surface area contributed by atoms with Crippen LogP contribution in [0.4, 0.5) is 0 Å². The smallest absolute Gasteiger partial charge is 0.329 e. The summed E-state index contributed by atoms with van der Waals surface area (Å²) < 4.78 is 29.3. The molecule has 1 aromatic carbocycles. The molecule has 132 valence electrons. The van der Waals surface area contributed by atoms with Gasteiger partial charge in [0.2, 0.25) is 0 Å². The molecule has 0 bridgehead atoms. The Bertz CT molecular complexity index is 972. The number of H-pyrrole nitrogens is 1. The second-order valence-electron chi connectivity index (χ2n) is 5.77. The maximum Gasteiger partial charge on any atom is 0.329 e. The fourth-order valence-corrected chi connectivity index (χ4v) is 3.44. The summed E-state index contributed by atoms with van der Waals surface area (Å²) in [5, 5.41) is 0.275. The summed E-state index contributed by atoms with van der Waals surface area (Å²) in [6, 6.07) is 3.44. The third-order valence-corrected chi connectivity index (χ3v) is 4.57. The predicted octanol–water partition coefficient (Wildman–Crippen LogP) is 1.35. The van der Waals surface area contributed by atoms with Gasteiger partial charge in [-0.3, -0.25) is 4.79 Å². The minimum atomic E-state index is -3.52. The fourth-order valence-electron chi connectivity index (χ4n) is 2.74. The normalized spacial score (nSPS) is 13.3. The maximum atomic E-state index is 12.6. The van der Waals surface area contributed by atoms with Crippen molar-refractivity contribution in [1.82, 2.24) is 9.55 Å². The van der Waals surface area contributed by atoms with E-state index in [0.717, 1.165) is 23.8 Å². The molecule has 1 heterocycles. The minimum absolute atomic E-state index is 0.205. The molecule has 8 heteroatoms. The highest BCUT2D eigenvalue weighted by atomic mass is 32.2. The van der Waals surface area contributed by atoms with Gasteiger partial charge in [0.05, 0.1) is 17.0 Å². The van der Waals surface area contributed by atoms with E-state index in [2.05, 4.69) is 4.98 Å². The number of aromatic nitrogens is 2. The van der Waals surface area contributed by atoms with E-state index < -0.39 is 27.0 Å². The summed E-state index contributed by atoms with van der Waals surface area (Å²) in [4.78, 5) is 27.3. The van der Waals surface area contributed by atoms with Gasteiger partial charge in [-0.25, -0.2) is 17.8 Å². The molecular weight excluding hydrogens is 332 g/mol. The molecule has 0 spiro atoms. The van der Waals surface area contributed by atoms with E-state index >= 15 is 0 Å². The summed E-state index contributed by atoms with van der Waals surface area (Å²) in [5.41, 5.74) is 0.887. The van der Waals surface area contributed by atoms with Gasteiger partial charge in [-0.2, -0.15) is 0 Å². The lowest BCUT2D eigenvalue weighted by Crippen LogP contribution is -2.37. The Kier molecular flexibility index (Phi) is 5.29. The quantitative estimate of drug-likeness (QED) is 0.844. The van der Waals surface area contributed by atoms with Crippen LogP contribution in [0.2, 0.25) is 0 Å². The fraction of sp³-hybridized carbons (Fsp3) is 0.500. The van der Waals surface area contributed by atoms with E-state index in [1.807, 2.05) is 20.8 Å². The number of benzene rings is 1. The van der Waals surface area contributed by atoms with Crippen LogP contribution in [-0.2, 0) is 26.9 Å². The van der Waals surface area contributed by atoms with E-state index in [0.29, 0.717) is 16.7 Å². The SMILES string of the molecule is CCOC(C)c1cc2c(=O)n(CS(C)(=O)=O)c(=O)[nH]c2cc1CC. The predicted molar refractivity (Wildman–Crippen MR) is 93.1 cm³/mol. The van der Waals surface area contributed by atoms with Gasteiger partial charge in [-0.1, -0.05) is 6.92 Å². The van der Waals surface area contributed by atoms with Crippen LogP contribution in [0.5, 0.6) is 0 Å². The second kappa shape index (κ2) is 6.90. The first kappa shape index (κ1) is 18.4. The molecule has 0 aliphatic carbocycles. The van der Waals surface area contributed by atoms with Crippen LogP contribution >= 0.6 is 0 Å². The van der Waals surface area contributed by atoms with Crippen molar-refractivity contribution in [3.63, 3.8) is 0 Å². The topological polar surface area (TPSA) is 98.2 Å². The van der Waals surface area contributed by atoms with Crippen LogP contribution in [0.15, 0.2) is 21.7 Å². The molecule has 0 fully saturated rings. The van der Waals surface area contributed by atoms with Gasteiger partial charge in [0.25, 0.3) is 5.56 Å². The lowest BCUT2D eigenvalue weighted by Gasteiger charge is -2.17. The van der Waals surface area contributed by atoms with Crippen LogP contribution in [-0.4, -0.2) is 30.8 Å². The van der Waals surface area contributed by atoms with Crippen molar-refractivity contribution in [3.8, 4) is 0 Å². The Labute approximate surface area is 140 Å². The molecule has 7 nitrogen and oxygen atoms in total. The molecule has 0 radical (unpaired) electrons. The van der Waals surface area contributed by atoms with Crippen LogP contribution in [0.1, 0.15) is 38.0 Å². The molecule has 0 saturated carbocycles. The van der Waals surface area contributed by atoms with Crippen molar-refractivity contribution in [2.45, 2.75) is 39.2 Å². The largest absolute Gasteiger partial charge is 0.374 e. The zero-order chi connectivity index (χ0) is 18.1. The van der Waals surface area contributed by atoms with E-state index in [9.17, 15) is 18.0 Å². The van der Waals surface area contributed by atoms with Gasteiger partial charge >= 0.3 is 5.69 Å². The summed E-state index contributed by atoms with van der Waals surface area (Å²) >= 11 is 0. The third kappa shape index (κ3) is 3.76. The average molecular weight is 354 g/mol. The zero-order valence-electron chi connectivity index (χ0n) is 14.3. The van der Waals surface area contributed by atoms with Gasteiger partial charge in [0.1, 0.15) is 5.88 Å². The number of hydrogen-bond acceptors (Lipinski definition) is 5. The molecule has 0 aliphatic rings. The van der Waals surface area contributed by atoms with E-state index in [4.69, 9.17) is 4.74 Å². The number of nitrogens with zero attached hydrogens (tertiary/aromatic N) is 1. The lowest BCUT2D eigenvalue weighted by atomic mass is 9.98. The van der Waals surface area contributed by atoms with Crippen molar-refractivity contribution < 1.29 is 13.2 Å². The highest BCUT2D eigenvalue weighted by molar-refractivity contribution is 7.89. The number of fused-ring (bicyclic) bond motifs is 1. The van der Waals surface area contributed by atoms with Crippen LogP contribution in [0.25, 0.3) is 10.9 Å². The summed E-state index contributed by atoms with van der Waals surface area (Å²) in [6.45, 7) is 6.29. The molecule has 1 atom stereocenters. The van der Waals surface area contributed by atoms with E-state index in [-0.39, 0.29) is 11.5 Å². The molecule has 2 aromatic rings. The van der Waals surface area contributed by atoms with Gasteiger partial charge in [-0.05, 0) is 43.5 Å². The molecule has 0 amide bonds. The first-order valence-corrected chi connectivity index (χ1v) is 9.83. The minimum Gasteiger partial charge on any atom is -0.374 e. The first-order valence-electron chi connectivity index (χ1n) is 7.76. The molecule has 1 N–H and O–H groups in total. The second-order valence-corrected chi connectivity index (χ2v) is 7.88. The Morgan fingerprint density at radius 3 is 2.46 bits per heavy atom. The van der Waals surface area contributed by atoms with Crippen LogP contribution in [0, 0.1) is 0 Å². The number of hydrogen-bond donors (Lipinski definition) is 1. The van der Waals surface area contributed by atoms with Crippen molar-refractivity contribution in [2.75, 3.05) is 12.9 Å². The summed E-state index contributed by atoms with van der Waals surface area (Å²) in [6.07, 6.45) is 1.49. The van der Waals surface area contributed by atoms with E-state index in [1.165, 1.54) is 0 Å². The molecule has 1 aromatic heterocycles. The van der Waals surface area contributed by atoms with E-state index in [1.54, 1.807) is 12.1 Å². The van der Waals surface area contributed by atoms with Crippen molar-refractivity contribution in [3.05, 3.63) is 44.1 Å². The molecule has 0 aliphatic heterocycles. The number of sulfone groups is 1. The number of aryl methyl sites for hydroxylation is 1. The highest BCUT2D eigenvalue weighted by Gasteiger charge is 2.16. The Hall–Kier alpha value is -1.93. The van der Waals surface area contributed by atoms with Gasteiger partial charge < -0.3 is 9.72 Å². The summed E-state index contributed by atoms with van der Waals surface area (Å²) in [7, 11) is -3.52. The molecule has 0 saturated heterocycles. The number of rotatable bonds is 6. The van der Waals surface area contributed by atoms with Crippen molar-refractivity contribution >= 4 is 20.7 Å². The van der Waals surface area contributed by atoms with Gasteiger partial charge in [0.15, 0.2) is 9.84 Å². The number of nitrogens with one attached hydrogen (secondary N) is 1. The third-order valence-electron chi connectivity index (χ3n) is 3.84. The molecule has 24 heavy (non-hydrogen) atoms. The Morgan fingerprint density at radius 2 is 1.92 bits per heavy atom. The van der Waals surface area contributed by atoms with Crippen molar-refractivity contribution in [2.24, 2.45) is 0 Å². The number of ether oxygens (including phenoxy) is 1. The Morgan fingerprint density at radius 1 is 1.25 bits per heavy atom. The molecular formula is C16H22N2O5S. The monoisotopic (exact) mass is 354 g/mol. The maximum absolute atomic E-state index is 12.6. The summed E-state index contributed by atoms with van der Waals surface area (Å²) in [5.74, 6) is -0.650. The molecule has 1 unspecified atom stereocenters. The lowest BCUT2D eigenvalue weighted by molar-refractivity contribution is 0.0759. The first-order chi connectivity index (χ1) is 11.2. The molecule has 2 rings (SSSR count). The van der Waals surface area contributed by atoms with Gasteiger partial charge in [0, 0.05) is 12.9 Å². The zero-order valence-corrected chi connectivity index (χ0v) is 15.1. The highest BCUT2D eigenvalue weighted by Crippen LogP contribution is 2.25. The Balaban J connectivity index is 2.77. The van der Waals surface area contributed by atoms with Crippen LogP contribution < -0.4 is 11.2 Å². The average Bonchev–Trinajstić information content (AvgIpc) is 2.49. The number of aromatic amines is 1. The van der Waals surface area contributed by atoms with Crippen LogP contribution in [0.3, 0.4) is 0 Å². The standard InChI is InChI=1S/C16H22N2O5S/c1-5-11-7-14-13(8-12(11)10(3)23-6-2)15(19)18(16(20)17-14)9-24(4,21)22/h7-8,10H,5-6,9H2,1-4H3,(H,17,20).